The van der Waals surface area contributed by atoms with Crippen molar-refractivity contribution in [3.8, 4) is 0 Å². The van der Waals surface area contributed by atoms with Gasteiger partial charge in [-0.15, -0.1) is 0 Å². The van der Waals surface area contributed by atoms with Crippen LogP contribution in [0.15, 0.2) is 47.4 Å². The molecule has 0 aliphatic carbocycles. The van der Waals surface area contributed by atoms with Crippen LogP contribution in [-0.2, 0) is 11.3 Å². The van der Waals surface area contributed by atoms with Crippen LogP contribution in [0, 0.1) is 10.1 Å². The fourth-order valence-electron chi connectivity index (χ4n) is 2.46. The number of hydrogen-bond donors (Lipinski definition) is 2. The molecule has 0 fully saturated rings. The highest BCUT2D eigenvalue weighted by molar-refractivity contribution is 5.89. The summed E-state index contributed by atoms with van der Waals surface area (Å²) >= 11 is 0. The number of nitro groups is 1. The Morgan fingerprint density at radius 2 is 2.00 bits per heavy atom. The number of nitrogens with two attached hydrogens (primary N) is 1. The minimum Gasteiger partial charge on any atom is -0.465 e. The number of carbonyl (C=O) groups excluding carboxylic acids is 1. The first-order valence-corrected chi connectivity index (χ1v) is 8.17. The van der Waals surface area contributed by atoms with Crippen LogP contribution >= 0.6 is 0 Å². The van der Waals surface area contributed by atoms with Crippen molar-refractivity contribution in [2.45, 2.75) is 6.54 Å². The van der Waals surface area contributed by atoms with Gasteiger partial charge in [0.1, 0.15) is 5.56 Å². The first-order valence-electron chi connectivity index (χ1n) is 8.17. The topological polar surface area (TPSA) is 168 Å². The second kappa shape index (κ2) is 8.12. The fourth-order valence-corrected chi connectivity index (χ4v) is 2.46. The molecule has 148 valence electrons. The molecule has 0 spiro atoms. The van der Waals surface area contributed by atoms with Gasteiger partial charge in [0.25, 0.3) is 11.2 Å². The predicted octanol–water partition coefficient (Wildman–Crippen LogP) is 1.10. The molecule has 29 heavy (non-hydrogen) atoms. The van der Waals surface area contributed by atoms with Crippen LogP contribution in [-0.4, -0.2) is 37.5 Å². The molecule has 0 aliphatic heterocycles. The van der Waals surface area contributed by atoms with Crippen molar-refractivity contribution < 1.29 is 14.5 Å². The molecule has 0 bridgehead atoms. The van der Waals surface area contributed by atoms with E-state index in [2.05, 4.69) is 25.0 Å². The SMILES string of the molecule is COC(=O)c1cc([N+](=O)[O-])cn(Cc2nc(N)nc(Nc3ccccc3)n2)c1=O. The second-order valence-corrected chi connectivity index (χ2v) is 5.72. The van der Waals surface area contributed by atoms with Crippen LogP contribution in [0.4, 0.5) is 23.3 Å². The molecule has 3 rings (SSSR count). The number of para-hydroxylation sites is 1. The van der Waals surface area contributed by atoms with Gasteiger partial charge in [-0.3, -0.25) is 14.9 Å². The highest BCUT2D eigenvalue weighted by Gasteiger charge is 2.20. The molecule has 2 heterocycles. The predicted molar refractivity (Wildman–Crippen MR) is 102 cm³/mol. The number of nitrogens with zero attached hydrogens (tertiary/aromatic N) is 5. The third-order valence-electron chi connectivity index (χ3n) is 3.73. The van der Waals surface area contributed by atoms with E-state index in [1.165, 1.54) is 0 Å². The standard InChI is InChI=1S/C17H15N7O5/c1-29-15(26)12-7-11(24(27)28)8-23(14(12)25)9-13-20-16(18)22-17(21-13)19-10-5-3-2-4-6-10/h2-8H,9H2,1H3,(H3,18,19,20,21,22). The number of esters is 1. The lowest BCUT2D eigenvalue weighted by molar-refractivity contribution is -0.385. The first-order chi connectivity index (χ1) is 13.9. The van der Waals surface area contributed by atoms with Gasteiger partial charge in [0.2, 0.25) is 11.9 Å². The Morgan fingerprint density at radius 1 is 1.28 bits per heavy atom. The van der Waals surface area contributed by atoms with E-state index < -0.39 is 27.7 Å². The van der Waals surface area contributed by atoms with E-state index in [9.17, 15) is 19.7 Å². The van der Waals surface area contributed by atoms with Gasteiger partial charge in [-0.25, -0.2) is 4.79 Å². The van der Waals surface area contributed by atoms with Gasteiger partial charge >= 0.3 is 5.97 Å². The van der Waals surface area contributed by atoms with Crippen molar-refractivity contribution in [3.05, 3.63) is 74.5 Å². The van der Waals surface area contributed by atoms with Gasteiger partial charge in [-0.1, -0.05) is 18.2 Å². The summed E-state index contributed by atoms with van der Waals surface area (Å²) in [5.74, 6) is -0.908. The number of pyridine rings is 1. The Morgan fingerprint density at radius 3 is 2.66 bits per heavy atom. The number of aromatic nitrogens is 4. The van der Waals surface area contributed by atoms with Gasteiger partial charge in [-0.2, -0.15) is 15.0 Å². The summed E-state index contributed by atoms with van der Waals surface area (Å²) in [6.07, 6.45) is 0.985. The third kappa shape index (κ3) is 4.50. The second-order valence-electron chi connectivity index (χ2n) is 5.72. The minimum atomic E-state index is -0.992. The lowest BCUT2D eigenvalue weighted by Gasteiger charge is -2.09. The molecule has 1 aromatic carbocycles. The van der Waals surface area contributed by atoms with Gasteiger partial charge in [0.05, 0.1) is 24.8 Å². The fraction of sp³-hybridized carbons (Fsp3) is 0.118. The lowest BCUT2D eigenvalue weighted by atomic mass is 10.2. The summed E-state index contributed by atoms with van der Waals surface area (Å²) < 4.78 is 5.45. The van der Waals surface area contributed by atoms with Crippen molar-refractivity contribution in [1.82, 2.24) is 19.5 Å². The monoisotopic (exact) mass is 397 g/mol. The number of methoxy groups -OCH3 is 1. The van der Waals surface area contributed by atoms with Crippen molar-refractivity contribution in [3.63, 3.8) is 0 Å². The van der Waals surface area contributed by atoms with Crippen molar-refractivity contribution in [2.24, 2.45) is 0 Å². The van der Waals surface area contributed by atoms with Gasteiger partial charge in [-0.05, 0) is 12.1 Å². The average Bonchev–Trinajstić information content (AvgIpc) is 2.69. The summed E-state index contributed by atoms with van der Waals surface area (Å²) in [5.41, 5.74) is 4.67. The number of carbonyl (C=O) groups is 1. The van der Waals surface area contributed by atoms with Crippen molar-refractivity contribution in [2.75, 3.05) is 18.2 Å². The number of ether oxygens (including phenoxy) is 1. The molecular weight excluding hydrogens is 382 g/mol. The molecule has 12 heteroatoms. The van der Waals surface area contributed by atoms with Gasteiger partial charge < -0.3 is 20.4 Å². The number of rotatable bonds is 6. The van der Waals surface area contributed by atoms with E-state index >= 15 is 0 Å². The molecule has 0 unspecified atom stereocenters. The van der Waals surface area contributed by atoms with Crippen molar-refractivity contribution in [1.29, 1.82) is 0 Å². The molecule has 2 aromatic heterocycles. The molecule has 0 atom stereocenters. The van der Waals surface area contributed by atoms with E-state index in [1.807, 2.05) is 18.2 Å². The van der Waals surface area contributed by atoms with E-state index in [0.29, 0.717) is 5.69 Å². The molecule has 0 amide bonds. The summed E-state index contributed by atoms with van der Waals surface area (Å²) in [6.45, 7) is -0.277. The zero-order valence-corrected chi connectivity index (χ0v) is 15.1. The molecule has 0 saturated heterocycles. The third-order valence-corrected chi connectivity index (χ3v) is 3.73. The number of benzene rings is 1. The first kappa shape index (κ1) is 19.4. The Kier molecular flexibility index (Phi) is 5.44. The van der Waals surface area contributed by atoms with E-state index in [0.717, 1.165) is 23.9 Å². The normalized spacial score (nSPS) is 10.4. The maximum Gasteiger partial charge on any atom is 0.343 e. The van der Waals surface area contributed by atoms with Crippen LogP contribution in [0.1, 0.15) is 16.2 Å². The highest BCUT2D eigenvalue weighted by atomic mass is 16.6. The lowest BCUT2D eigenvalue weighted by Crippen LogP contribution is -2.28. The van der Waals surface area contributed by atoms with E-state index in [4.69, 9.17) is 5.73 Å². The summed E-state index contributed by atoms with van der Waals surface area (Å²) in [5, 5.41) is 14.1. The quantitative estimate of drug-likeness (QED) is 0.349. The maximum atomic E-state index is 12.5. The molecule has 3 aromatic rings. The Labute approximate surface area is 163 Å². The van der Waals surface area contributed by atoms with E-state index in [1.54, 1.807) is 12.1 Å². The smallest absolute Gasteiger partial charge is 0.343 e. The zero-order chi connectivity index (χ0) is 21.0. The summed E-state index contributed by atoms with van der Waals surface area (Å²) in [7, 11) is 1.07. The van der Waals surface area contributed by atoms with E-state index in [-0.39, 0.29) is 24.3 Å². The number of nitrogens with one attached hydrogen (secondary N) is 1. The number of hydrogen-bond acceptors (Lipinski definition) is 10. The Bertz CT molecular complexity index is 1130. The van der Waals surface area contributed by atoms with Gasteiger partial charge in [0.15, 0.2) is 5.82 Å². The highest BCUT2D eigenvalue weighted by Crippen LogP contribution is 2.14. The number of nitrogen functional groups attached to an aromatic ring is 1. The molecule has 12 nitrogen and oxygen atoms in total. The molecule has 0 radical (unpaired) electrons. The minimum absolute atomic E-state index is 0.0642. The summed E-state index contributed by atoms with van der Waals surface area (Å²) in [6, 6.07) is 9.89. The Balaban J connectivity index is 1.99. The van der Waals surface area contributed by atoms with Crippen LogP contribution in [0.2, 0.25) is 0 Å². The van der Waals surface area contributed by atoms with Crippen LogP contribution in [0.25, 0.3) is 0 Å². The molecule has 0 aliphatic rings. The average molecular weight is 397 g/mol. The molecule has 0 saturated carbocycles. The van der Waals surface area contributed by atoms with Crippen molar-refractivity contribution >= 4 is 29.2 Å². The molecule has 3 N–H and O–H groups in total. The zero-order valence-electron chi connectivity index (χ0n) is 15.1. The van der Waals surface area contributed by atoms with Gasteiger partial charge in [0, 0.05) is 11.8 Å². The maximum absolute atomic E-state index is 12.5. The number of anilines is 3. The summed E-state index contributed by atoms with van der Waals surface area (Å²) in [4.78, 5) is 46.9. The van der Waals surface area contributed by atoms with Crippen LogP contribution in [0.5, 0.6) is 0 Å². The molecular formula is C17H15N7O5. The van der Waals surface area contributed by atoms with Crippen LogP contribution < -0.4 is 16.6 Å². The van der Waals surface area contributed by atoms with Crippen LogP contribution in [0.3, 0.4) is 0 Å². The Hall–Kier alpha value is -4.35. The largest absolute Gasteiger partial charge is 0.465 e.